The van der Waals surface area contributed by atoms with E-state index in [-0.39, 0.29) is 5.57 Å². The number of ether oxygens (including phenoxy) is 1. The first-order valence-electron chi connectivity index (χ1n) is 6.60. The molecular weight excluding hydrogens is 280 g/mol. The van der Waals surface area contributed by atoms with Crippen molar-refractivity contribution in [1.29, 1.82) is 0 Å². The fourth-order valence-corrected chi connectivity index (χ4v) is 1.69. The molecular formula is C18H14O4. The summed E-state index contributed by atoms with van der Waals surface area (Å²) in [5.41, 5.74) is 0.691. The average Bonchev–Trinajstić information content (AvgIpc) is 2.53. The molecule has 110 valence electrons. The molecule has 0 saturated carbocycles. The highest BCUT2D eigenvalue weighted by Gasteiger charge is 2.08. The molecule has 4 heteroatoms. The molecule has 0 aliphatic rings. The van der Waals surface area contributed by atoms with Gasteiger partial charge in [-0.05, 0) is 23.8 Å². The van der Waals surface area contributed by atoms with Crippen LogP contribution in [0.3, 0.4) is 0 Å². The molecule has 0 bridgehead atoms. The van der Waals surface area contributed by atoms with Gasteiger partial charge < -0.3 is 9.84 Å². The average molecular weight is 294 g/mol. The second-order valence-electron chi connectivity index (χ2n) is 4.38. The Morgan fingerprint density at radius 3 is 2.09 bits per heavy atom. The van der Waals surface area contributed by atoms with Crippen LogP contribution in [0.15, 0.2) is 78.4 Å². The Morgan fingerprint density at radius 2 is 1.50 bits per heavy atom. The van der Waals surface area contributed by atoms with Gasteiger partial charge in [0.1, 0.15) is 5.75 Å². The molecule has 0 aliphatic heterocycles. The van der Waals surface area contributed by atoms with Gasteiger partial charge in [-0.3, -0.25) is 0 Å². The Kier molecular flexibility index (Phi) is 5.26. The highest BCUT2D eigenvalue weighted by atomic mass is 16.5. The number of carboxylic acids is 1. The number of carbonyl (C=O) groups is 2. The van der Waals surface area contributed by atoms with E-state index in [0.29, 0.717) is 5.75 Å². The summed E-state index contributed by atoms with van der Waals surface area (Å²) in [5.74, 6) is -1.57. The number of esters is 1. The van der Waals surface area contributed by atoms with Crippen LogP contribution >= 0.6 is 0 Å². The maximum Gasteiger partial charge on any atom is 0.337 e. The van der Waals surface area contributed by atoms with Gasteiger partial charge >= 0.3 is 11.9 Å². The van der Waals surface area contributed by atoms with E-state index in [0.717, 1.165) is 11.6 Å². The third-order valence-corrected chi connectivity index (χ3v) is 2.74. The molecule has 0 saturated heterocycles. The lowest BCUT2D eigenvalue weighted by atomic mass is 10.1. The van der Waals surface area contributed by atoms with Crippen molar-refractivity contribution >= 4 is 18.0 Å². The Hall–Kier alpha value is -3.14. The van der Waals surface area contributed by atoms with Crippen LogP contribution in [0.1, 0.15) is 5.56 Å². The number of benzene rings is 2. The number of carboxylic acid groups (broad SMARTS) is 1. The van der Waals surface area contributed by atoms with Crippen LogP contribution in [0.25, 0.3) is 6.08 Å². The lowest BCUT2D eigenvalue weighted by molar-refractivity contribution is -0.133. The molecule has 2 aromatic rings. The Labute approximate surface area is 128 Å². The van der Waals surface area contributed by atoms with Crippen molar-refractivity contribution < 1.29 is 19.4 Å². The highest BCUT2D eigenvalue weighted by molar-refractivity contribution is 5.99. The zero-order valence-corrected chi connectivity index (χ0v) is 11.7. The van der Waals surface area contributed by atoms with Crippen LogP contribution < -0.4 is 4.74 Å². The summed E-state index contributed by atoms with van der Waals surface area (Å²) >= 11 is 0. The second-order valence-corrected chi connectivity index (χ2v) is 4.38. The summed E-state index contributed by atoms with van der Waals surface area (Å²) in [6.45, 7) is 0. The van der Waals surface area contributed by atoms with Gasteiger partial charge in [0.2, 0.25) is 0 Å². The topological polar surface area (TPSA) is 63.6 Å². The minimum Gasteiger partial charge on any atom is -0.478 e. The summed E-state index contributed by atoms with van der Waals surface area (Å²) in [6, 6.07) is 17.7. The molecule has 2 aromatic carbocycles. The molecule has 0 amide bonds. The first kappa shape index (κ1) is 15.3. The summed E-state index contributed by atoms with van der Waals surface area (Å²) < 4.78 is 5.03. The minimum absolute atomic E-state index is 0.148. The van der Waals surface area contributed by atoms with Gasteiger partial charge in [-0.2, -0.15) is 0 Å². The first-order chi connectivity index (χ1) is 10.6. The molecule has 2 rings (SSSR count). The van der Waals surface area contributed by atoms with Crippen molar-refractivity contribution in [2.75, 3.05) is 0 Å². The predicted molar refractivity (Wildman–Crippen MR) is 83.3 cm³/mol. The van der Waals surface area contributed by atoms with Crippen molar-refractivity contribution in [2.45, 2.75) is 0 Å². The SMILES string of the molecule is O=C(/C=C(/C=C/c1ccccc1)C(=O)O)Oc1ccccc1. The van der Waals surface area contributed by atoms with E-state index < -0.39 is 11.9 Å². The van der Waals surface area contributed by atoms with E-state index in [9.17, 15) is 9.59 Å². The van der Waals surface area contributed by atoms with Gasteiger partial charge in [-0.25, -0.2) is 9.59 Å². The maximum absolute atomic E-state index is 11.7. The molecule has 0 atom stereocenters. The second kappa shape index (κ2) is 7.59. The fraction of sp³-hybridized carbons (Fsp3) is 0. The summed E-state index contributed by atoms with van der Waals surface area (Å²) in [6.07, 6.45) is 3.94. The highest BCUT2D eigenvalue weighted by Crippen LogP contribution is 2.10. The molecule has 0 fully saturated rings. The number of hydrogen-bond donors (Lipinski definition) is 1. The van der Waals surface area contributed by atoms with E-state index in [4.69, 9.17) is 9.84 Å². The molecule has 0 aromatic heterocycles. The van der Waals surface area contributed by atoms with Crippen LogP contribution in [-0.2, 0) is 9.59 Å². The normalized spacial score (nSPS) is 11.4. The van der Waals surface area contributed by atoms with E-state index in [1.165, 1.54) is 6.08 Å². The molecule has 0 heterocycles. The van der Waals surface area contributed by atoms with Crippen LogP contribution in [0, 0.1) is 0 Å². The summed E-state index contributed by atoms with van der Waals surface area (Å²) in [5, 5.41) is 9.14. The van der Waals surface area contributed by atoms with Crippen molar-refractivity contribution in [3.05, 3.63) is 84.0 Å². The van der Waals surface area contributed by atoms with E-state index in [2.05, 4.69) is 0 Å². The third-order valence-electron chi connectivity index (χ3n) is 2.74. The van der Waals surface area contributed by atoms with Crippen molar-refractivity contribution in [1.82, 2.24) is 0 Å². The Bertz CT molecular complexity index is 700. The molecule has 4 nitrogen and oxygen atoms in total. The monoisotopic (exact) mass is 294 g/mol. The van der Waals surface area contributed by atoms with E-state index in [1.54, 1.807) is 36.4 Å². The zero-order chi connectivity index (χ0) is 15.8. The van der Waals surface area contributed by atoms with Crippen LogP contribution in [0.2, 0.25) is 0 Å². The smallest absolute Gasteiger partial charge is 0.337 e. The largest absolute Gasteiger partial charge is 0.478 e. The number of rotatable bonds is 5. The van der Waals surface area contributed by atoms with Gasteiger partial charge in [0.25, 0.3) is 0 Å². The molecule has 0 spiro atoms. The third kappa shape index (κ3) is 4.76. The van der Waals surface area contributed by atoms with Gasteiger partial charge in [-0.15, -0.1) is 0 Å². The molecule has 0 aliphatic carbocycles. The Morgan fingerprint density at radius 1 is 0.909 bits per heavy atom. The van der Waals surface area contributed by atoms with Crippen molar-refractivity contribution in [3.63, 3.8) is 0 Å². The number of carbonyl (C=O) groups excluding carboxylic acids is 1. The lowest BCUT2D eigenvalue weighted by Gasteiger charge is -2.01. The van der Waals surface area contributed by atoms with Crippen LogP contribution in [-0.4, -0.2) is 17.0 Å². The molecule has 0 unspecified atom stereocenters. The van der Waals surface area contributed by atoms with Gasteiger partial charge in [0.05, 0.1) is 5.57 Å². The molecule has 22 heavy (non-hydrogen) atoms. The number of aliphatic carboxylic acids is 1. The van der Waals surface area contributed by atoms with Crippen molar-refractivity contribution in [2.24, 2.45) is 0 Å². The number of para-hydroxylation sites is 1. The van der Waals surface area contributed by atoms with Crippen LogP contribution in [0.5, 0.6) is 5.75 Å². The van der Waals surface area contributed by atoms with Gasteiger partial charge in [-0.1, -0.05) is 54.6 Å². The fourth-order valence-electron chi connectivity index (χ4n) is 1.69. The van der Waals surface area contributed by atoms with Gasteiger partial charge in [0.15, 0.2) is 0 Å². The number of hydrogen-bond acceptors (Lipinski definition) is 3. The van der Waals surface area contributed by atoms with E-state index in [1.807, 2.05) is 30.3 Å². The minimum atomic E-state index is -1.20. The molecule has 1 N–H and O–H groups in total. The lowest BCUT2D eigenvalue weighted by Crippen LogP contribution is -2.08. The zero-order valence-electron chi connectivity index (χ0n) is 11.7. The van der Waals surface area contributed by atoms with Gasteiger partial charge in [0, 0.05) is 6.08 Å². The van der Waals surface area contributed by atoms with E-state index >= 15 is 0 Å². The predicted octanol–water partition coefficient (Wildman–Crippen LogP) is 3.32. The Balaban J connectivity index is 2.12. The first-order valence-corrected chi connectivity index (χ1v) is 6.60. The van der Waals surface area contributed by atoms with Crippen LogP contribution in [0.4, 0.5) is 0 Å². The molecule has 0 radical (unpaired) electrons. The van der Waals surface area contributed by atoms with Crippen molar-refractivity contribution in [3.8, 4) is 5.75 Å². The summed E-state index contributed by atoms with van der Waals surface area (Å²) in [4.78, 5) is 22.9. The maximum atomic E-state index is 11.7. The quantitative estimate of drug-likeness (QED) is 0.398. The summed E-state index contributed by atoms with van der Waals surface area (Å²) in [7, 11) is 0. The standard InChI is InChI=1S/C18H14O4/c19-17(22-16-9-5-2-6-10-16)13-15(18(20)21)12-11-14-7-3-1-4-8-14/h1-13H,(H,20,21)/b12-11+,15-13-.